The lowest BCUT2D eigenvalue weighted by atomic mass is 10.0. The fourth-order valence-corrected chi connectivity index (χ4v) is 1.97. The first kappa shape index (κ1) is 9.30. The highest BCUT2D eigenvalue weighted by atomic mass is 15.4. The minimum Gasteiger partial charge on any atom is -0.366 e. The maximum absolute atomic E-state index is 5.58. The normalized spacial score (nSPS) is 25.6. The Hall–Kier alpha value is -1.26. The van der Waals surface area contributed by atoms with Crippen LogP contribution in [0.5, 0.6) is 0 Å². The van der Waals surface area contributed by atoms with Crippen LogP contribution >= 0.6 is 0 Å². The van der Waals surface area contributed by atoms with E-state index in [1.165, 1.54) is 0 Å². The molecule has 1 aromatic rings. The van der Waals surface area contributed by atoms with Gasteiger partial charge in [-0.05, 0) is 19.3 Å². The fraction of sp³-hybridized carbons (Fsp3) is 0.778. The number of anilines is 2. The Morgan fingerprint density at radius 3 is 2.93 bits per heavy atom. The molecule has 0 aliphatic carbocycles. The van der Waals surface area contributed by atoms with Gasteiger partial charge in [-0.3, -0.25) is 0 Å². The number of fused-ring (bicyclic) bond motifs is 1. The van der Waals surface area contributed by atoms with Crippen molar-refractivity contribution in [1.29, 1.82) is 0 Å². The minimum atomic E-state index is 0.364. The van der Waals surface area contributed by atoms with Crippen molar-refractivity contribution in [3.63, 3.8) is 0 Å². The van der Waals surface area contributed by atoms with E-state index >= 15 is 0 Å². The average molecular weight is 195 g/mol. The van der Waals surface area contributed by atoms with E-state index in [-0.39, 0.29) is 0 Å². The quantitative estimate of drug-likeness (QED) is 0.748. The van der Waals surface area contributed by atoms with E-state index in [4.69, 9.17) is 5.73 Å². The maximum atomic E-state index is 5.58. The molecule has 1 aliphatic rings. The minimum absolute atomic E-state index is 0.364. The van der Waals surface area contributed by atoms with Gasteiger partial charge in [0.1, 0.15) is 0 Å². The maximum Gasteiger partial charge on any atom is 0.241 e. The summed E-state index contributed by atoms with van der Waals surface area (Å²) in [6.07, 6.45) is 3.31. The van der Waals surface area contributed by atoms with E-state index in [2.05, 4.69) is 29.2 Å². The summed E-state index contributed by atoms with van der Waals surface area (Å²) in [6.45, 7) is 4.35. The summed E-state index contributed by atoms with van der Waals surface area (Å²) in [4.78, 5) is 4.17. The molecule has 0 aromatic carbocycles. The van der Waals surface area contributed by atoms with Crippen molar-refractivity contribution in [1.82, 2.24) is 14.8 Å². The smallest absolute Gasteiger partial charge is 0.241 e. The molecule has 2 heterocycles. The predicted octanol–water partition coefficient (Wildman–Crippen LogP) is 1.41. The third-order valence-electron chi connectivity index (χ3n) is 2.85. The standard InChI is InChI=1S/C9H17N5/c1-3-6-5-7(4-2)14-9(11-6)12-8(10)13-14/h6-7H,3-5H2,1-2H3,(H3,10,11,12,13). The lowest BCUT2D eigenvalue weighted by Crippen LogP contribution is -2.31. The highest BCUT2D eigenvalue weighted by molar-refractivity contribution is 5.35. The van der Waals surface area contributed by atoms with Gasteiger partial charge in [0, 0.05) is 6.04 Å². The van der Waals surface area contributed by atoms with Crippen molar-refractivity contribution < 1.29 is 0 Å². The predicted molar refractivity (Wildman–Crippen MR) is 56.1 cm³/mol. The molecule has 5 nitrogen and oxygen atoms in total. The van der Waals surface area contributed by atoms with Gasteiger partial charge in [-0.2, -0.15) is 4.98 Å². The summed E-state index contributed by atoms with van der Waals surface area (Å²) in [5, 5.41) is 7.53. The van der Waals surface area contributed by atoms with Crippen molar-refractivity contribution in [2.24, 2.45) is 0 Å². The van der Waals surface area contributed by atoms with Crippen molar-refractivity contribution in [2.75, 3.05) is 11.1 Å². The second-order valence-electron chi connectivity index (χ2n) is 3.79. The van der Waals surface area contributed by atoms with E-state index in [0.717, 1.165) is 25.2 Å². The average Bonchev–Trinajstić information content (AvgIpc) is 2.56. The number of nitrogens with one attached hydrogen (secondary N) is 1. The van der Waals surface area contributed by atoms with Gasteiger partial charge in [-0.1, -0.05) is 13.8 Å². The number of rotatable bonds is 2. The summed E-state index contributed by atoms with van der Waals surface area (Å²) >= 11 is 0. The van der Waals surface area contributed by atoms with Gasteiger partial charge in [0.15, 0.2) is 0 Å². The van der Waals surface area contributed by atoms with Gasteiger partial charge < -0.3 is 11.1 Å². The molecular weight excluding hydrogens is 178 g/mol. The van der Waals surface area contributed by atoms with Crippen LogP contribution in [-0.4, -0.2) is 20.8 Å². The Labute approximate surface area is 83.7 Å². The van der Waals surface area contributed by atoms with Gasteiger partial charge in [0.25, 0.3) is 0 Å². The molecule has 0 fully saturated rings. The van der Waals surface area contributed by atoms with Crippen LogP contribution in [0.25, 0.3) is 0 Å². The van der Waals surface area contributed by atoms with Crippen LogP contribution in [0, 0.1) is 0 Å². The van der Waals surface area contributed by atoms with Crippen molar-refractivity contribution >= 4 is 11.9 Å². The van der Waals surface area contributed by atoms with Gasteiger partial charge in [0.05, 0.1) is 6.04 Å². The second-order valence-corrected chi connectivity index (χ2v) is 3.79. The largest absolute Gasteiger partial charge is 0.366 e. The van der Waals surface area contributed by atoms with Crippen LogP contribution in [0.2, 0.25) is 0 Å². The molecule has 14 heavy (non-hydrogen) atoms. The molecule has 2 atom stereocenters. The summed E-state index contributed by atoms with van der Waals surface area (Å²) in [5.41, 5.74) is 5.58. The van der Waals surface area contributed by atoms with Crippen LogP contribution in [0.15, 0.2) is 0 Å². The van der Waals surface area contributed by atoms with Crippen LogP contribution in [0.1, 0.15) is 39.2 Å². The molecule has 0 saturated heterocycles. The third kappa shape index (κ3) is 1.42. The van der Waals surface area contributed by atoms with Crippen molar-refractivity contribution in [2.45, 2.75) is 45.2 Å². The van der Waals surface area contributed by atoms with Gasteiger partial charge in [-0.25, -0.2) is 4.68 Å². The Bertz CT molecular complexity index is 319. The summed E-state index contributed by atoms with van der Waals surface area (Å²) in [5.74, 6) is 1.19. The van der Waals surface area contributed by atoms with E-state index in [1.54, 1.807) is 0 Å². The van der Waals surface area contributed by atoms with Gasteiger partial charge in [0.2, 0.25) is 11.9 Å². The van der Waals surface area contributed by atoms with Crippen LogP contribution < -0.4 is 11.1 Å². The highest BCUT2D eigenvalue weighted by Gasteiger charge is 2.26. The summed E-state index contributed by atoms with van der Waals surface area (Å²) < 4.78 is 1.92. The molecule has 0 saturated carbocycles. The number of nitrogens with zero attached hydrogens (tertiary/aromatic N) is 3. The topological polar surface area (TPSA) is 68.8 Å². The monoisotopic (exact) mass is 195 g/mol. The lowest BCUT2D eigenvalue weighted by Gasteiger charge is -2.29. The van der Waals surface area contributed by atoms with E-state index in [1.807, 2.05) is 4.68 Å². The zero-order chi connectivity index (χ0) is 10.1. The van der Waals surface area contributed by atoms with E-state index in [0.29, 0.717) is 18.0 Å². The third-order valence-corrected chi connectivity index (χ3v) is 2.85. The van der Waals surface area contributed by atoms with E-state index < -0.39 is 0 Å². The molecular formula is C9H17N5. The molecule has 2 unspecified atom stereocenters. The summed E-state index contributed by atoms with van der Waals surface area (Å²) in [6, 6.07) is 0.956. The van der Waals surface area contributed by atoms with E-state index in [9.17, 15) is 0 Å². The molecule has 5 heteroatoms. The second kappa shape index (κ2) is 3.48. The number of nitrogen functional groups attached to an aromatic ring is 1. The molecule has 3 N–H and O–H groups in total. The Kier molecular flexibility index (Phi) is 2.31. The lowest BCUT2D eigenvalue weighted by molar-refractivity contribution is 0.361. The molecule has 2 rings (SSSR count). The zero-order valence-electron chi connectivity index (χ0n) is 8.70. The van der Waals surface area contributed by atoms with Crippen LogP contribution in [-0.2, 0) is 0 Å². The number of aromatic nitrogens is 3. The molecule has 0 bridgehead atoms. The molecule has 0 spiro atoms. The number of hydrogen-bond acceptors (Lipinski definition) is 4. The fourth-order valence-electron chi connectivity index (χ4n) is 1.97. The van der Waals surface area contributed by atoms with Gasteiger partial charge in [-0.15, -0.1) is 5.10 Å². The van der Waals surface area contributed by atoms with Gasteiger partial charge >= 0.3 is 0 Å². The molecule has 0 radical (unpaired) electrons. The van der Waals surface area contributed by atoms with Crippen molar-refractivity contribution in [3.05, 3.63) is 0 Å². The Balaban J connectivity index is 2.30. The first-order valence-electron chi connectivity index (χ1n) is 5.23. The molecule has 78 valence electrons. The van der Waals surface area contributed by atoms with Crippen LogP contribution in [0.4, 0.5) is 11.9 Å². The SMILES string of the molecule is CCC1CC(CC)n2nc(N)nc2N1. The van der Waals surface area contributed by atoms with Crippen LogP contribution in [0.3, 0.4) is 0 Å². The number of hydrogen-bond donors (Lipinski definition) is 2. The molecule has 1 aromatic heterocycles. The van der Waals surface area contributed by atoms with Crippen molar-refractivity contribution in [3.8, 4) is 0 Å². The zero-order valence-corrected chi connectivity index (χ0v) is 8.70. The Morgan fingerprint density at radius 2 is 2.29 bits per heavy atom. The summed E-state index contributed by atoms with van der Waals surface area (Å²) in [7, 11) is 0. The highest BCUT2D eigenvalue weighted by Crippen LogP contribution is 2.29. The number of nitrogens with two attached hydrogens (primary N) is 1. The first-order valence-corrected chi connectivity index (χ1v) is 5.23. The molecule has 1 aliphatic heterocycles. The first-order chi connectivity index (χ1) is 6.74. The molecule has 0 amide bonds. The Morgan fingerprint density at radius 1 is 1.50 bits per heavy atom.